The summed E-state index contributed by atoms with van der Waals surface area (Å²) in [7, 11) is 0. The molecule has 6 aromatic carbocycles. The molecule has 0 fully saturated rings. The zero-order valence-electron chi connectivity index (χ0n) is 40.8. The largest absolute Gasteiger partial charge is 0.509 e. The maximum atomic E-state index is 14.8. The summed E-state index contributed by atoms with van der Waals surface area (Å²) in [6.45, 7) is 21.5. The molecule has 0 saturated carbocycles. The third-order valence-corrected chi connectivity index (χ3v) is 11.1. The van der Waals surface area contributed by atoms with Crippen LogP contribution in [0.25, 0.3) is 38.8 Å². The molecule has 0 spiro atoms. The van der Waals surface area contributed by atoms with Crippen molar-refractivity contribution in [2.75, 3.05) is 9.80 Å². The number of anilines is 4. The maximum absolute atomic E-state index is 14.8. The van der Waals surface area contributed by atoms with Gasteiger partial charge in [-0.15, -0.1) is 48.1 Å². The summed E-state index contributed by atoms with van der Waals surface area (Å²) in [5.74, 6) is 1.19. The summed E-state index contributed by atoms with van der Waals surface area (Å²) >= 11 is 0. The molecule has 0 atom stereocenters. The van der Waals surface area contributed by atoms with Crippen LogP contribution in [0.4, 0.5) is 27.1 Å². The minimum absolute atomic E-state index is 0. The van der Waals surface area contributed by atoms with Crippen molar-refractivity contribution in [2.24, 2.45) is 0 Å². The van der Waals surface area contributed by atoms with E-state index >= 15 is 0 Å². The molecule has 3 heterocycles. The van der Waals surface area contributed by atoms with E-state index in [0.717, 1.165) is 44.4 Å². The van der Waals surface area contributed by atoms with Crippen LogP contribution in [0.3, 0.4) is 0 Å². The fraction of sp³-hybridized carbons (Fsp3) is 0.222. The molecule has 0 unspecified atom stereocenters. The summed E-state index contributed by atoms with van der Waals surface area (Å²) in [4.78, 5) is 8.78. The van der Waals surface area contributed by atoms with Gasteiger partial charge < -0.3 is 19.1 Å². The Morgan fingerprint density at radius 3 is 2.07 bits per heavy atom. The summed E-state index contributed by atoms with van der Waals surface area (Å²) in [5.41, 5.74) is 7.81. The minimum atomic E-state index is -0.446. The summed E-state index contributed by atoms with van der Waals surface area (Å²) in [6.07, 6.45) is 1.80. The van der Waals surface area contributed by atoms with Gasteiger partial charge in [-0.25, -0.2) is 9.37 Å². The van der Waals surface area contributed by atoms with E-state index < -0.39 is 18.1 Å². The van der Waals surface area contributed by atoms with Gasteiger partial charge >= 0.3 is 0 Å². The van der Waals surface area contributed by atoms with Crippen molar-refractivity contribution in [1.82, 2.24) is 9.55 Å². The smallest absolute Gasteiger partial charge is 0.135 e. The molecule has 1 aliphatic heterocycles. The predicted octanol–water partition coefficient (Wildman–Crippen LogP) is 14.7. The first-order valence-corrected chi connectivity index (χ1v) is 20.2. The van der Waals surface area contributed by atoms with Crippen LogP contribution >= 0.6 is 0 Å². The maximum Gasteiger partial charge on any atom is 0.135 e. The molecule has 7 heteroatoms. The zero-order valence-corrected chi connectivity index (χ0v) is 38.1. The Bertz CT molecular complexity index is 3160. The van der Waals surface area contributed by atoms with Crippen LogP contribution in [-0.4, -0.2) is 9.55 Å². The summed E-state index contributed by atoms with van der Waals surface area (Å²) < 4.78 is 66.8. The number of hydrogen-bond acceptors (Lipinski definition) is 4. The first-order valence-electron chi connectivity index (χ1n) is 22.7. The van der Waals surface area contributed by atoms with E-state index in [0.29, 0.717) is 39.8 Å². The van der Waals surface area contributed by atoms with Gasteiger partial charge in [-0.2, -0.15) is 12.1 Å². The van der Waals surface area contributed by atoms with Crippen molar-refractivity contribution < 1.29 is 37.0 Å². The number of para-hydroxylation sites is 1. The van der Waals surface area contributed by atoms with Gasteiger partial charge in [-0.3, -0.25) is 0 Å². The van der Waals surface area contributed by atoms with Crippen LogP contribution < -0.4 is 14.5 Å². The Morgan fingerprint density at radius 2 is 1.36 bits per heavy atom. The molecule has 5 nitrogen and oxygen atoms in total. The number of halogens is 1. The predicted molar refractivity (Wildman–Crippen MR) is 246 cm³/mol. The van der Waals surface area contributed by atoms with E-state index in [9.17, 15) is 4.39 Å². The van der Waals surface area contributed by atoms with Gasteiger partial charge in [0.15, 0.2) is 0 Å². The second-order valence-corrected chi connectivity index (χ2v) is 18.5. The van der Waals surface area contributed by atoms with E-state index in [1.807, 2.05) is 75.6 Å². The summed E-state index contributed by atoms with van der Waals surface area (Å²) in [6, 6.07) is 35.5. The van der Waals surface area contributed by atoms with E-state index in [-0.39, 0.29) is 60.8 Å². The van der Waals surface area contributed by atoms with Gasteiger partial charge in [0.25, 0.3) is 0 Å². The average molecular weight is 990 g/mol. The van der Waals surface area contributed by atoms with Crippen LogP contribution in [0.1, 0.15) is 85.9 Å². The fourth-order valence-electron chi connectivity index (χ4n) is 7.76. The van der Waals surface area contributed by atoms with Crippen molar-refractivity contribution in [3.05, 3.63) is 175 Å². The molecule has 0 bridgehead atoms. The number of hydrogen-bond donors (Lipinski definition) is 0. The molecule has 9 rings (SSSR count). The number of pyridine rings is 1. The van der Waals surface area contributed by atoms with Crippen LogP contribution in [0.15, 0.2) is 133 Å². The Labute approximate surface area is 381 Å². The van der Waals surface area contributed by atoms with E-state index in [2.05, 4.69) is 98.7 Å². The SMILES string of the molecule is [2H]c1c([2H])c([2H])c(-c2cccc3c2N(c2cc(C(C)(C)C)cc(C(C)(C)C)c2)[CH-]N3c2[c-]c(Oc3[c-]c4c(cc3)c3cc(F)ccc3n4-c3cc(C(C)(C)C)ccn3)ccc2)c([2H])c1[2H].[Pt]. The Kier molecular flexibility index (Phi) is 9.23. The normalized spacial score (nSPS) is 14.3. The van der Waals surface area contributed by atoms with Gasteiger partial charge in [-0.05, 0) is 92.4 Å². The number of rotatable bonds is 6. The molecule has 2 aromatic heterocycles. The number of benzene rings is 6. The standard InChI is InChI=1S/C54H50FN4O.Pt/c1-52(2,3)36-25-26-56-50(30-36)59-47-24-21-39(55)31-46(47)45-23-22-43(33-49(45)59)60-42-18-13-17-40(32-42)57-34-58(41-28-37(53(4,5)6)27-38(29-41)54(7,8)9)51-44(19-14-20-48(51)57)35-15-11-10-12-16-35;/h10-31,34H,1-9H3;/q-3;/i10D,11D,12D,15D,16D;. The Balaban J connectivity index is 0.00000592. The van der Waals surface area contributed by atoms with Gasteiger partial charge in [0, 0.05) is 66.9 Å². The first kappa shape index (κ1) is 36.0. The van der Waals surface area contributed by atoms with Crippen LogP contribution in [0.5, 0.6) is 11.5 Å². The van der Waals surface area contributed by atoms with Crippen molar-refractivity contribution in [1.29, 1.82) is 0 Å². The quantitative estimate of drug-likeness (QED) is 0.155. The molecular formula is C54H50FN4OPt-3. The second-order valence-electron chi connectivity index (χ2n) is 18.5. The van der Waals surface area contributed by atoms with Crippen molar-refractivity contribution in [2.45, 2.75) is 78.6 Å². The molecule has 0 saturated heterocycles. The molecule has 0 amide bonds. The average Bonchev–Trinajstić information content (AvgIpc) is 3.80. The molecular weight excluding hydrogens is 935 g/mol. The van der Waals surface area contributed by atoms with Crippen molar-refractivity contribution in [3.63, 3.8) is 0 Å². The topological polar surface area (TPSA) is 33.5 Å². The molecule has 312 valence electrons. The number of fused-ring (bicyclic) bond motifs is 4. The molecule has 1 aliphatic rings. The zero-order chi connectivity index (χ0) is 46.5. The Hall–Kier alpha value is -5.71. The molecule has 0 radical (unpaired) electrons. The second kappa shape index (κ2) is 15.6. The fourth-order valence-corrected chi connectivity index (χ4v) is 7.76. The first-order chi connectivity index (χ1) is 30.6. The van der Waals surface area contributed by atoms with Crippen LogP contribution in [-0.2, 0) is 37.3 Å². The Morgan fingerprint density at radius 1 is 0.672 bits per heavy atom. The van der Waals surface area contributed by atoms with Gasteiger partial charge in [-0.1, -0.05) is 116 Å². The molecule has 0 aliphatic carbocycles. The molecule has 0 N–H and O–H groups in total. The van der Waals surface area contributed by atoms with Gasteiger partial charge in [0.2, 0.25) is 0 Å². The third kappa shape index (κ3) is 7.99. The molecule has 61 heavy (non-hydrogen) atoms. The minimum Gasteiger partial charge on any atom is -0.509 e. The van der Waals surface area contributed by atoms with E-state index in [1.165, 1.54) is 12.1 Å². The number of aromatic nitrogens is 2. The molecule has 8 aromatic rings. The third-order valence-electron chi connectivity index (χ3n) is 11.1. The van der Waals surface area contributed by atoms with Gasteiger partial charge in [0.05, 0.1) is 6.85 Å². The van der Waals surface area contributed by atoms with Crippen molar-refractivity contribution in [3.8, 4) is 28.4 Å². The number of nitrogens with zero attached hydrogens (tertiary/aromatic N) is 4. The van der Waals surface area contributed by atoms with E-state index in [4.69, 9.17) is 16.6 Å². The summed E-state index contributed by atoms with van der Waals surface area (Å²) in [5, 5.41) is 1.54. The van der Waals surface area contributed by atoms with Crippen LogP contribution in [0, 0.1) is 24.6 Å². The van der Waals surface area contributed by atoms with E-state index in [1.54, 1.807) is 12.3 Å². The monoisotopic (exact) mass is 989 g/mol. The number of ether oxygens (including phenoxy) is 1. The van der Waals surface area contributed by atoms with Crippen molar-refractivity contribution >= 4 is 44.6 Å². The van der Waals surface area contributed by atoms with Gasteiger partial charge in [0.1, 0.15) is 11.6 Å². The van der Waals surface area contributed by atoms with Crippen LogP contribution in [0.2, 0.25) is 0 Å².